The summed E-state index contributed by atoms with van der Waals surface area (Å²) in [5.41, 5.74) is 1.19. The number of halogens is 1. The van der Waals surface area contributed by atoms with Gasteiger partial charge in [0.1, 0.15) is 0 Å². The van der Waals surface area contributed by atoms with Crippen LogP contribution in [0.25, 0.3) is 0 Å². The van der Waals surface area contributed by atoms with Gasteiger partial charge in [-0.2, -0.15) is 0 Å². The van der Waals surface area contributed by atoms with E-state index in [1.165, 1.54) is 12.0 Å². The zero-order valence-electron chi connectivity index (χ0n) is 10.2. The highest BCUT2D eigenvalue weighted by atomic mass is 35.5. The molecule has 0 amide bonds. The van der Waals surface area contributed by atoms with Gasteiger partial charge in [-0.05, 0) is 37.2 Å². The van der Waals surface area contributed by atoms with Gasteiger partial charge in [0.25, 0.3) is 0 Å². The third-order valence-electron chi connectivity index (χ3n) is 3.33. The van der Waals surface area contributed by atoms with Crippen molar-refractivity contribution in [2.45, 2.75) is 13.0 Å². The molecule has 0 spiro atoms. The predicted octanol–water partition coefficient (Wildman–Crippen LogP) is 1.86. The lowest BCUT2D eigenvalue weighted by Crippen LogP contribution is -2.27. The van der Waals surface area contributed by atoms with Crippen molar-refractivity contribution in [1.29, 1.82) is 0 Å². The van der Waals surface area contributed by atoms with Crippen LogP contribution in [-0.2, 0) is 6.54 Å². The van der Waals surface area contributed by atoms with Gasteiger partial charge in [-0.1, -0.05) is 11.6 Å². The van der Waals surface area contributed by atoms with Crippen molar-refractivity contribution in [3.8, 4) is 11.5 Å². The van der Waals surface area contributed by atoms with Crippen LogP contribution in [0.3, 0.4) is 0 Å². The van der Waals surface area contributed by atoms with Crippen LogP contribution in [0.5, 0.6) is 11.5 Å². The second-order valence-electron chi connectivity index (χ2n) is 4.69. The highest BCUT2D eigenvalue weighted by molar-refractivity contribution is 6.32. The zero-order valence-corrected chi connectivity index (χ0v) is 11.0. The summed E-state index contributed by atoms with van der Waals surface area (Å²) in [4.78, 5) is 2.44. The molecule has 0 unspecified atom stereocenters. The fourth-order valence-corrected chi connectivity index (χ4v) is 2.72. The Bertz CT molecular complexity index is 431. The van der Waals surface area contributed by atoms with E-state index in [-0.39, 0.29) is 6.79 Å². The number of nitrogens with one attached hydrogen (secondary N) is 1. The molecule has 0 aromatic heterocycles. The number of benzene rings is 1. The van der Waals surface area contributed by atoms with Crippen molar-refractivity contribution in [2.75, 3.05) is 33.0 Å². The minimum absolute atomic E-state index is 0.270. The number of fused-ring (bicyclic) bond motifs is 1. The van der Waals surface area contributed by atoms with Crippen molar-refractivity contribution in [2.24, 2.45) is 0 Å². The van der Waals surface area contributed by atoms with Crippen molar-refractivity contribution in [1.82, 2.24) is 10.2 Å². The molecule has 18 heavy (non-hydrogen) atoms. The van der Waals surface area contributed by atoms with Gasteiger partial charge in [-0.25, -0.2) is 0 Å². The molecule has 1 aromatic carbocycles. The van der Waals surface area contributed by atoms with Crippen LogP contribution in [0.1, 0.15) is 12.0 Å². The number of ether oxygens (including phenoxy) is 2. The first-order valence-electron chi connectivity index (χ1n) is 6.34. The standard InChI is InChI=1S/C13H17ClN2O2/c14-11-6-10(7-12-13(11)18-9-17-12)8-16-4-1-2-15-3-5-16/h6-7,15H,1-5,8-9H2. The normalized spacial score (nSPS) is 19.8. The van der Waals surface area contributed by atoms with Gasteiger partial charge < -0.3 is 14.8 Å². The Morgan fingerprint density at radius 3 is 3.11 bits per heavy atom. The Morgan fingerprint density at radius 1 is 1.22 bits per heavy atom. The lowest BCUT2D eigenvalue weighted by molar-refractivity contribution is 0.174. The molecule has 98 valence electrons. The van der Waals surface area contributed by atoms with E-state index in [0.29, 0.717) is 10.8 Å². The summed E-state index contributed by atoms with van der Waals surface area (Å²) >= 11 is 6.19. The smallest absolute Gasteiger partial charge is 0.231 e. The van der Waals surface area contributed by atoms with E-state index < -0.39 is 0 Å². The van der Waals surface area contributed by atoms with E-state index in [4.69, 9.17) is 21.1 Å². The third-order valence-corrected chi connectivity index (χ3v) is 3.61. The van der Waals surface area contributed by atoms with Crippen LogP contribution in [-0.4, -0.2) is 37.9 Å². The fourth-order valence-electron chi connectivity index (χ4n) is 2.43. The fraction of sp³-hybridized carbons (Fsp3) is 0.538. The Hall–Kier alpha value is -0.970. The SMILES string of the molecule is Clc1cc(CN2CCCNCC2)cc2c1OCO2. The molecule has 5 heteroatoms. The van der Waals surface area contributed by atoms with Gasteiger partial charge in [0.15, 0.2) is 11.5 Å². The van der Waals surface area contributed by atoms with E-state index in [2.05, 4.69) is 10.2 Å². The van der Waals surface area contributed by atoms with Gasteiger partial charge in [0.2, 0.25) is 6.79 Å². The zero-order chi connectivity index (χ0) is 12.4. The second kappa shape index (κ2) is 5.34. The van der Waals surface area contributed by atoms with Crippen LogP contribution in [0, 0.1) is 0 Å². The van der Waals surface area contributed by atoms with E-state index in [0.717, 1.165) is 38.5 Å². The summed E-state index contributed by atoms with van der Waals surface area (Å²) in [6.45, 7) is 5.55. The van der Waals surface area contributed by atoms with E-state index in [1.54, 1.807) is 0 Å². The van der Waals surface area contributed by atoms with Crippen molar-refractivity contribution < 1.29 is 9.47 Å². The third kappa shape index (κ3) is 2.55. The maximum atomic E-state index is 6.19. The average molecular weight is 269 g/mol. The molecular weight excluding hydrogens is 252 g/mol. The van der Waals surface area contributed by atoms with E-state index >= 15 is 0 Å². The molecule has 0 saturated carbocycles. The van der Waals surface area contributed by atoms with Crippen LogP contribution in [0.2, 0.25) is 5.02 Å². The lowest BCUT2D eigenvalue weighted by atomic mass is 10.2. The number of hydrogen-bond acceptors (Lipinski definition) is 4. The summed E-state index contributed by atoms with van der Waals surface area (Å²) in [6.07, 6.45) is 1.19. The maximum absolute atomic E-state index is 6.19. The van der Waals surface area contributed by atoms with E-state index in [9.17, 15) is 0 Å². The summed E-state index contributed by atoms with van der Waals surface area (Å²) in [5, 5.41) is 4.05. The van der Waals surface area contributed by atoms with Gasteiger partial charge in [-0.15, -0.1) is 0 Å². The number of hydrogen-bond donors (Lipinski definition) is 1. The Labute approximate surface area is 112 Å². The van der Waals surface area contributed by atoms with Gasteiger partial charge in [-0.3, -0.25) is 4.90 Å². The monoisotopic (exact) mass is 268 g/mol. The van der Waals surface area contributed by atoms with Gasteiger partial charge >= 0.3 is 0 Å². The van der Waals surface area contributed by atoms with Crippen LogP contribution >= 0.6 is 11.6 Å². The molecule has 0 bridgehead atoms. The molecule has 2 aliphatic heterocycles. The van der Waals surface area contributed by atoms with Crippen LogP contribution in [0.4, 0.5) is 0 Å². The first-order valence-corrected chi connectivity index (χ1v) is 6.72. The highest BCUT2D eigenvalue weighted by Gasteiger charge is 2.19. The lowest BCUT2D eigenvalue weighted by Gasteiger charge is -2.19. The summed E-state index contributed by atoms with van der Waals surface area (Å²) < 4.78 is 10.7. The van der Waals surface area contributed by atoms with Crippen LogP contribution in [0.15, 0.2) is 12.1 Å². The predicted molar refractivity (Wildman–Crippen MR) is 70.3 cm³/mol. The second-order valence-corrected chi connectivity index (χ2v) is 5.10. The van der Waals surface area contributed by atoms with Crippen LogP contribution < -0.4 is 14.8 Å². The molecule has 0 atom stereocenters. The molecular formula is C13H17ClN2O2. The van der Waals surface area contributed by atoms with Gasteiger partial charge in [0, 0.05) is 19.6 Å². The Balaban J connectivity index is 1.74. The first kappa shape index (κ1) is 12.1. The Morgan fingerprint density at radius 2 is 2.17 bits per heavy atom. The molecule has 4 nitrogen and oxygen atoms in total. The number of rotatable bonds is 2. The van der Waals surface area contributed by atoms with E-state index in [1.807, 2.05) is 12.1 Å². The summed E-state index contributed by atoms with van der Waals surface area (Å²) in [6, 6.07) is 4.01. The topological polar surface area (TPSA) is 33.7 Å². The number of nitrogens with zero attached hydrogens (tertiary/aromatic N) is 1. The molecule has 1 aromatic rings. The average Bonchev–Trinajstić information content (AvgIpc) is 2.68. The molecule has 1 fully saturated rings. The summed E-state index contributed by atoms with van der Waals surface area (Å²) in [5.74, 6) is 1.45. The summed E-state index contributed by atoms with van der Waals surface area (Å²) in [7, 11) is 0. The highest BCUT2D eigenvalue weighted by Crippen LogP contribution is 2.40. The van der Waals surface area contributed by atoms with Crippen molar-refractivity contribution in [3.63, 3.8) is 0 Å². The van der Waals surface area contributed by atoms with Crippen molar-refractivity contribution >= 4 is 11.6 Å². The first-order chi connectivity index (χ1) is 8.83. The minimum Gasteiger partial charge on any atom is -0.454 e. The largest absolute Gasteiger partial charge is 0.454 e. The Kier molecular flexibility index (Phi) is 3.59. The maximum Gasteiger partial charge on any atom is 0.231 e. The molecule has 3 rings (SSSR count). The molecule has 1 N–H and O–H groups in total. The van der Waals surface area contributed by atoms with Crippen molar-refractivity contribution in [3.05, 3.63) is 22.7 Å². The van der Waals surface area contributed by atoms with Gasteiger partial charge in [0.05, 0.1) is 5.02 Å². The molecule has 2 heterocycles. The minimum atomic E-state index is 0.270. The molecule has 0 radical (unpaired) electrons. The molecule has 0 aliphatic carbocycles. The quantitative estimate of drug-likeness (QED) is 0.888. The molecule has 1 saturated heterocycles. The molecule has 2 aliphatic rings.